The zero-order chi connectivity index (χ0) is 16.0. The number of aryl methyl sites for hydroxylation is 1. The van der Waals surface area contributed by atoms with E-state index < -0.39 is 5.97 Å². The van der Waals surface area contributed by atoms with Crippen molar-refractivity contribution in [3.63, 3.8) is 0 Å². The lowest BCUT2D eigenvalue weighted by atomic mass is 10.2. The minimum Gasteiger partial charge on any atom is -0.478 e. The maximum Gasteiger partial charge on any atom is 0.328 e. The van der Waals surface area contributed by atoms with Crippen LogP contribution >= 0.6 is 11.3 Å². The quantitative estimate of drug-likeness (QED) is 0.819. The summed E-state index contributed by atoms with van der Waals surface area (Å²) in [5.74, 6) is -1.36. The first-order valence-electron chi connectivity index (χ1n) is 6.59. The molecule has 0 saturated heterocycles. The number of carbonyl (C=O) groups is 2. The van der Waals surface area contributed by atoms with Gasteiger partial charge in [-0.15, -0.1) is 11.3 Å². The van der Waals surface area contributed by atoms with Crippen molar-refractivity contribution in [3.05, 3.63) is 27.5 Å². The number of hydrogen-bond acceptors (Lipinski definition) is 4. The minimum atomic E-state index is -1.02. The summed E-state index contributed by atoms with van der Waals surface area (Å²) in [5, 5.41) is 17.5. The molecule has 0 radical (unpaired) electrons. The number of carboxylic acid groups (broad SMARTS) is 1. The predicted octanol–water partition coefficient (Wildman–Crippen LogP) is 2.78. The van der Waals surface area contributed by atoms with Crippen molar-refractivity contribution in [2.75, 3.05) is 13.1 Å². The highest BCUT2D eigenvalue weighted by Crippen LogP contribution is 2.24. The van der Waals surface area contributed by atoms with Gasteiger partial charge in [-0.2, -0.15) is 5.26 Å². The first-order chi connectivity index (χ1) is 9.88. The Balaban J connectivity index is 2.94. The van der Waals surface area contributed by atoms with E-state index in [0.717, 1.165) is 16.5 Å². The van der Waals surface area contributed by atoms with Crippen LogP contribution in [0.3, 0.4) is 0 Å². The molecule has 1 N–H and O–H groups in total. The summed E-state index contributed by atoms with van der Waals surface area (Å²) < 4.78 is 0. The molecule has 1 rings (SSSR count). The molecule has 5 nitrogen and oxygen atoms in total. The van der Waals surface area contributed by atoms with Crippen LogP contribution in [0.15, 0.2) is 12.1 Å². The average Bonchev–Trinajstić information content (AvgIpc) is 2.82. The third kappa shape index (κ3) is 4.72. The smallest absolute Gasteiger partial charge is 0.328 e. The lowest BCUT2D eigenvalue weighted by Crippen LogP contribution is -2.33. The van der Waals surface area contributed by atoms with E-state index in [1.165, 1.54) is 17.4 Å². The number of nitrogens with zero attached hydrogens (tertiary/aromatic N) is 2. The molecular formula is C15H18N2O3S. The van der Waals surface area contributed by atoms with Gasteiger partial charge in [-0.1, -0.05) is 0 Å². The number of rotatable bonds is 6. The molecule has 1 unspecified atom stereocenters. The molecule has 0 aliphatic heterocycles. The number of thiophene rings is 1. The van der Waals surface area contributed by atoms with Gasteiger partial charge in [-0.3, -0.25) is 4.79 Å². The Morgan fingerprint density at radius 1 is 1.57 bits per heavy atom. The third-order valence-electron chi connectivity index (χ3n) is 2.93. The van der Waals surface area contributed by atoms with Gasteiger partial charge in [0, 0.05) is 24.0 Å². The molecule has 0 aliphatic rings. The van der Waals surface area contributed by atoms with Crippen molar-refractivity contribution in [3.8, 4) is 6.07 Å². The average molecular weight is 306 g/mol. The fourth-order valence-electron chi connectivity index (χ4n) is 1.80. The molecule has 1 heterocycles. The standard InChI is InChI=1S/C15H18N2O3S/c1-4-17(9-10(2)8-16)15(20)13-7-11(3)12(21-13)5-6-14(18)19/h5-7,10H,4,9H2,1-3H3,(H,18,19)/b6-5+. The number of carbonyl (C=O) groups excluding carboxylic acids is 1. The van der Waals surface area contributed by atoms with E-state index in [1.807, 2.05) is 13.8 Å². The third-order valence-corrected chi connectivity index (χ3v) is 4.12. The molecule has 0 saturated carbocycles. The van der Waals surface area contributed by atoms with Crippen molar-refractivity contribution in [2.45, 2.75) is 20.8 Å². The lowest BCUT2D eigenvalue weighted by molar-refractivity contribution is -0.131. The highest BCUT2D eigenvalue weighted by atomic mass is 32.1. The van der Waals surface area contributed by atoms with E-state index in [1.54, 1.807) is 17.9 Å². The van der Waals surface area contributed by atoms with Crippen LogP contribution in [0.25, 0.3) is 6.08 Å². The molecule has 1 amide bonds. The molecule has 6 heteroatoms. The lowest BCUT2D eigenvalue weighted by Gasteiger charge is -2.21. The van der Waals surface area contributed by atoms with Crippen LogP contribution in [0.4, 0.5) is 0 Å². The molecule has 21 heavy (non-hydrogen) atoms. The fourth-order valence-corrected chi connectivity index (χ4v) is 2.84. The van der Waals surface area contributed by atoms with E-state index in [4.69, 9.17) is 10.4 Å². The predicted molar refractivity (Wildman–Crippen MR) is 82.1 cm³/mol. The Morgan fingerprint density at radius 3 is 2.76 bits per heavy atom. The van der Waals surface area contributed by atoms with Crippen LogP contribution in [0.1, 0.15) is 34.0 Å². The number of aliphatic carboxylic acids is 1. The Labute approximate surface area is 128 Å². The SMILES string of the molecule is CCN(CC(C)C#N)C(=O)c1cc(C)c(/C=C/C(=O)O)s1. The second-order valence-corrected chi connectivity index (χ2v) is 5.79. The number of amides is 1. The monoisotopic (exact) mass is 306 g/mol. The summed E-state index contributed by atoms with van der Waals surface area (Å²) in [7, 11) is 0. The van der Waals surface area contributed by atoms with Crippen LogP contribution < -0.4 is 0 Å². The zero-order valence-corrected chi connectivity index (χ0v) is 13.1. The van der Waals surface area contributed by atoms with Crippen LogP contribution in [0.2, 0.25) is 0 Å². The summed E-state index contributed by atoms with van der Waals surface area (Å²) >= 11 is 1.26. The van der Waals surface area contributed by atoms with Crippen LogP contribution in [0, 0.1) is 24.2 Å². The van der Waals surface area contributed by atoms with Crippen molar-refractivity contribution < 1.29 is 14.7 Å². The second kappa shape index (κ2) is 7.60. The summed E-state index contributed by atoms with van der Waals surface area (Å²) in [5.41, 5.74) is 0.866. The number of carboxylic acids is 1. The zero-order valence-electron chi connectivity index (χ0n) is 12.3. The van der Waals surface area contributed by atoms with Gasteiger partial charge >= 0.3 is 5.97 Å². The molecule has 1 aromatic heterocycles. The largest absolute Gasteiger partial charge is 0.478 e. The molecule has 0 aliphatic carbocycles. The Hall–Kier alpha value is -2.13. The highest BCUT2D eigenvalue weighted by molar-refractivity contribution is 7.15. The molecule has 1 atom stereocenters. The molecular weight excluding hydrogens is 288 g/mol. The summed E-state index contributed by atoms with van der Waals surface area (Å²) in [6, 6.07) is 3.88. The minimum absolute atomic E-state index is 0.123. The molecule has 0 spiro atoms. The number of hydrogen-bond donors (Lipinski definition) is 1. The molecule has 1 aromatic rings. The van der Waals surface area contributed by atoms with E-state index in [-0.39, 0.29) is 11.8 Å². The Kier molecular flexibility index (Phi) is 6.12. The normalized spacial score (nSPS) is 12.1. The molecule has 0 fully saturated rings. The number of nitriles is 1. The second-order valence-electron chi connectivity index (χ2n) is 4.70. The van der Waals surface area contributed by atoms with Crippen molar-refractivity contribution in [2.24, 2.45) is 5.92 Å². The van der Waals surface area contributed by atoms with E-state index in [2.05, 4.69) is 6.07 Å². The van der Waals surface area contributed by atoms with Crippen molar-refractivity contribution in [1.82, 2.24) is 4.90 Å². The van der Waals surface area contributed by atoms with E-state index in [0.29, 0.717) is 18.0 Å². The van der Waals surface area contributed by atoms with Crippen LogP contribution in [-0.2, 0) is 4.79 Å². The summed E-state index contributed by atoms with van der Waals surface area (Å²) in [6.45, 7) is 6.40. The topological polar surface area (TPSA) is 81.4 Å². The highest BCUT2D eigenvalue weighted by Gasteiger charge is 2.19. The first kappa shape index (κ1) is 16.9. The van der Waals surface area contributed by atoms with Crippen LogP contribution in [0.5, 0.6) is 0 Å². The summed E-state index contributed by atoms with van der Waals surface area (Å²) in [6.07, 6.45) is 2.55. The fraction of sp³-hybridized carbons (Fsp3) is 0.400. The Bertz CT molecular complexity index is 599. The Morgan fingerprint density at radius 2 is 2.24 bits per heavy atom. The maximum atomic E-state index is 12.4. The van der Waals surface area contributed by atoms with Crippen molar-refractivity contribution in [1.29, 1.82) is 5.26 Å². The van der Waals surface area contributed by atoms with Gasteiger partial charge in [0.2, 0.25) is 0 Å². The van der Waals surface area contributed by atoms with Crippen LogP contribution in [-0.4, -0.2) is 35.0 Å². The van der Waals surface area contributed by atoms with Gasteiger partial charge in [0.15, 0.2) is 0 Å². The van der Waals surface area contributed by atoms with Gasteiger partial charge < -0.3 is 10.0 Å². The van der Waals surface area contributed by atoms with Gasteiger partial charge in [-0.05, 0) is 38.5 Å². The first-order valence-corrected chi connectivity index (χ1v) is 7.41. The van der Waals surface area contributed by atoms with Crippen molar-refractivity contribution >= 4 is 29.3 Å². The molecule has 0 bridgehead atoms. The summed E-state index contributed by atoms with van der Waals surface area (Å²) in [4.78, 5) is 25.9. The molecule has 0 aromatic carbocycles. The van der Waals surface area contributed by atoms with E-state index >= 15 is 0 Å². The maximum absolute atomic E-state index is 12.4. The van der Waals surface area contributed by atoms with Gasteiger partial charge in [0.1, 0.15) is 0 Å². The molecule has 112 valence electrons. The van der Waals surface area contributed by atoms with Gasteiger partial charge in [-0.25, -0.2) is 4.79 Å². The van der Waals surface area contributed by atoms with E-state index in [9.17, 15) is 9.59 Å². The van der Waals surface area contributed by atoms with Gasteiger partial charge in [0.25, 0.3) is 5.91 Å². The van der Waals surface area contributed by atoms with Gasteiger partial charge in [0.05, 0.1) is 16.9 Å².